The van der Waals surface area contributed by atoms with E-state index < -0.39 is 0 Å². The van der Waals surface area contributed by atoms with Crippen LogP contribution in [0.3, 0.4) is 0 Å². The number of carbonyl (C=O) groups is 1. The molecule has 0 atom stereocenters. The van der Waals surface area contributed by atoms with Crippen molar-refractivity contribution in [2.45, 2.75) is 20.8 Å². The number of anilines is 2. The molecule has 7 heteroatoms. The molecule has 0 saturated carbocycles. The number of amides is 1. The van der Waals surface area contributed by atoms with Gasteiger partial charge >= 0.3 is 0 Å². The van der Waals surface area contributed by atoms with E-state index in [1.807, 2.05) is 13.8 Å². The number of carbonyl (C=O) groups excluding carboxylic acids is 1. The first-order chi connectivity index (χ1) is 11.0. The molecule has 23 heavy (non-hydrogen) atoms. The lowest BCUT2D eigenvalue weighted by Gasteiger charge is -2.18. The van der Waals surface area contributed by atoms with Crippen LogP contribution in [-0.4, -0.2) is 33.9 Å². The molecule has 1 aromatic carbocycles. The van der Waals surface area contributed by atoms with Crippen LogP contribution in [0, 0.1) is 6.92 Å². The van der Waals surface area contributed by atoms with Gasteiger partial charge in [0.2, 0.25) is 0 Å². The molecule has 0 bridgehead atoms. The van der Waals surface area contributed by atoms with Gasteiger partial charge in [-0.05, 0) is 32.9 Å². The Hall–Kier alpha value is -1.85. The third-order valence-corrected chi connectivity index (χ3v) is 4.14. The Labute approximate surface area is 145 Å². The van der Waals surface area contributed by atoms with E-state index in [0.29, 0.717) is 46.2 Å². The Morgan fingerprint density at radius 3 is 2.57 bits per heavy atom. The number of halogens is 2. The minimum absolute atomic E-state index is 0.124. The molecule has 122 valence electrons. The molecule has 1 N–H and O–H groups in total. The van der Waals surface area contributed by atoms with E-state index in [4.69, 9.17) is 23.2 Å². The summed E-state index contributed by atoms with van der Waals surface area (Å²) in [4.78, 5) is 22.7. The number of rotatable bonds is 5. The Balaban J connectivity index is 2.34. The zero-order chi connectivity index (χ0) is 17.0. The van der Waals surface area contributed by atoms with Crippen molar-refractivity contribution >= 4 is 40.6 Å². The van der Waals surface area contributed by atoms with Crippen LogP contribution in [0.1, 0.15) is 30.2 Å². The molecule has 0 aliphatic rings. The van der Waals surface area contributed by atoms with Crippen LogP contribution in [0.15, 0.2) is 24.3 Å². The number of aryl methyl sites for hydroxylation is 1. The highest BCUT2D eigenvalue weighted by Crippen LogP contribution is 2.31. The summed E-state index contributed by atoms with van der Waals surface area (Å²) < 4.78 is 0. The molecule has 0 radical (unpaired) electrons. The Morgan fingerprint density at radius 1 is 1.22 bits per heavy atom. The molecule has 0 fully saturated rings. The number of nitrogens with zero attached hydrogens (tertiary/aromatic N) is 3. The summed E-state index contributed by atoms with van der Waals surface area (Å²) in [6, 6.07) is 6.89. The van der Waals surface area contributed by atoms with E-state index in [-0.39, 0.29) is 5.91 Å². The Morgan fingerprint density at radius 2 is 1.91 bits per heavy atom. The SMILES string of the molecule is CCN(CC)C(=O)c1cc(Nc2cccc(Cl)c2Cl)nc(C)n1. The van der Waals surface area contributed by atoms with Gasteiger partial charge in [0.05, 0.1) is 15.7 Å². The van der Waals surface area contributed by atoms with Gasteiger partial charge in [0, 0.05) is 19.2 Å². The lowest BCUT2D eigenvalue weighted by Crippen LogP contribution is -2.31. The summed E-state index contributed by atoms with van der Waals surface area (Å²) in [6.45, 7) is 6.85. The lowest BCUT2D eigenvalue weighted by atomic mass is 10.3. The lowest BCUT2D eigenvalue weighted by molar-refractivity contribution is 0.0766. The largest absolute Gasteiger partial charge is 0.339 e. The van der Waals surface area contributed by atoms with Gasteiger partial charge in [-0.2, -0.15) is 0 Å². The first-order valence-electron chi connectivity index (χ1n) is 7.32. The van der Waals surface area contributed by atoms with Crippen molar-refractivity contribution in [3.05, 3.63) is 45.8 Å². The second-order valence-corrected chi connectivity index (χ2v) is 5.67. The number of hydrogen-bond donors (Lipinski definition) is 1. The molecule has 0 spiro atoms. The zero-order valence-corrected chi connectivity index (χ0v) is 14.7. The fourth-order valence-electron chi connectivity index (χ4n) is 2.15. The normalized spacial score (nSPS) is 10.5. The quantitative estimate of drug-likeness (QED) is 0.870. The molecule has 0 aliphatic carbocycles. The van der Waals surface area contributed by atoms with Gasteiger partial charge in [-0.3, -0.25) is 4.79 Å². The van der Waals surface area contributed by atoms with Crippen molar-refractivity contribution in [2.24, 2.45) is 0 Å². The van der Waals surface area contributed by atoms with Crippen LogP contribution >= 0.6 is 23.2 Å². The minimum Gasteiger partial charge on any atom is -0.339 e. The summed E-state index contributed by atoms with van der Waals surface area (Å²) in [5.74, 6) is 0.876. The van der Waals surface area contributed by atoms with Gasteiger partial charge in [-0.1, -0.05) is 29.3 Å². The van der Waals surface area contributed by atoms with E-state index >= 15 is 0 Å². The first kappa shape index (κ1) is 17.5. The van der Waals surface area contributed by atoms with Crippen molar-refractivity contribution in [2.75, 3.05) is 18.4 Å². The molecule has 5 nitrogen and oxygen atoms in total. The second-order valence-electron chi connectivity index (χ2n) is 4.89. The molecule has 0 saturated heterocycles. The average molecular weight is 353 g/mol. The van der Waals surface area contributed by atoms with Crippen LogP contribution in [0.25, 0.3) is 0 Å². The number of benzene rings is 1. The third kappa shape index (κ3) is 4.12. The van der Waals surface area contributed by atoms with Gasteiger partial charge < -0.3 is 10.2 Å². The molecular formula is C16H18Cl2N4O. The monoisotopic (exact) mass is 352 g/mol. The van der Waals surface area contributed by atoms with E-state index in [1.54, 1.807) is 36.1 Å². The summed E-state index contributed by atoms with van der Waals surface area (Å²) in [5.41, 5.74) is 0.973. The van der Waals surface area contributed by atoms with Crippen LogP contribution in [0.4, 0.5) is 11.5 Å². The van der Waals surface area contributed by atoms with E-state index in [1.165, 1.54) is 0 Å². The smallest absolute Gasteiger partial charge is 0.272 e. The third-order valence-electron chi connectivity index (χ3n) is 3.32. The van der Waals surface area contributed by atoms with E-state index in [0.717, 1.165) is 0 Å². The highest BCUT2D eigenvalue weighted by atomic mass is 35.5. The highest BCUT2D eigenvalue weighted by molar-refractivity contribution is 6.43. The zero-order valence-electron chi connectivity index (χ0n) is 13.2. The Kier molecular flexibility index (Phi) is 5.80. The van der Waals surface area contributed by atoms with Crippen molar-refractivity contribution in [3.63, 3.8) is 0 Å². The topological polar surface area (TPSA) is 58.1 Å². The van der Waals surface area contributed by atoms with Crippen LogP contribution < -0.4 is 5.32 Å². The van der Waals surface area contributed by atoms with Gasteiger partial charge in [0.15, 0.2) is 0 Å². The van der Waals surface area contributed by atoms with Crippen LogP contribution in [0.5, 0.6) is 0 Å². The predicted molar refractivity (Wildman–Crippen MR) is 93.8 cm³/mol. The summed E-state index contributed by atoms with van der Waals surface area (Å²) in [5, 5.41) is 3.94. The Bertz CT molecular complexity index is 717. The van der Waals surface area contributed by atoms with Crippen molar-refractivity contribution in [1.82, 2.24) is 14.9 Å². The molecular weight excluding hydrogens is 335 g/mol. The van der Waals surface area contributed by atoms with Crippen molar-refractivity contribution in [3.8, 4) is 0 Å². The number of aromatic nitrogens is 2. The average Bonchev–Trinajstić information content (AvgIpc) is 2.52. The van der Waals surface area contributed by atoms with Crippen LogP contribution in [0.2, 0.25) is 10.0 Å². The van der Waals surface area contributed by atoms with Gasteiger partial charge in [0.25, 0.3) is 5.91 Å². The second kappa shape index (κ2) is 7.62. The molecule has 2 aromatic rings. The van der Waals surface area contributed by atoms with Crippen LogP contribution in [-0.2, 0) is 0 Å². The van der Waals surface area contributed by atoms with Gasteiger partial charge in [0.1, 0.15) is 17.3 Å². The molecule has 0 aliphatic heterocycles. The fraction of sp³-hybridized carbons (Fsp3) is 0.312. The molecule has 1 heterocycles. The maximum Gasteiger partial charge on any atom is 0.272 e. The molecule has 0 unspecified atom stereocenters. The molecule has 1 aromatic heterocycles. The fourth-order valence-corrected chi connectivity index (χ4v) is 2.50. The van der Waals surface area contributed by atoms with Gasteiger partial charge in [-0.25, -0.2) is 9.97 Å². The van der Waals surface area contributed by atoms with E-state index in [2.05, 4.69) is 15.3 Å². The molecule has 1 amide bonds. The first-order valence-corrected chi connectivity index (χ1v) is 8.07. The van der Waals surface area contributed by atoms with Crippen molar-refractivity contribution < 1.29 is 4.79 Å². The van der Waals surface area contributed by atoms with Crippen molar-refractivity contribution in [1.29, 1.82) is 0 Å². The summed E-state index contributed by atoms with van der Waals surface area (Å²) in [6.07, 6.45) is 0. The maximum absolute atomic E-state index is 12.4. The standard InChI is InChI=1S/C16H18Cl2N4O/c1-4-22(5-2)16(23)13-9-14(20-10(3)19-13)21-12-8-6-7-11(17)15(12)18/h6-9H,4-5H2,1-3H3,(H,19,20,21). The van der Waals surface area contributed by atoms with Gasteiger partial charge in [-0.15, -0.1) is 0 Å². The minimum atomic E-state index is -0.124. The summed E-state index contributed by atoms with van der Waals surface area (Å²) in [7, 11) is 0. The predicted octanol–water partition coefficient (Wildman–Crippen LogP) is 4.32. The number of nitrogens with one attached hydrogen (secondary N) is 1. The molecule has 2 rings (SSSR count). The van der Waals surface area contributed by atoms with E-state index in [9.17, 15) is 4.79 Å². The summed E-state index contributed by atoms with van der Waals surface area (Å²) >= 11 is 12.2. The number of hydrogen-bond acceptors (Lipinski definition) is 4. The maximum atomic E-state index is 12.4. The highest BCUT2D eigenvalue weighted by Gasteiger charge is 2.16.